The Balaban J connectivity index is 1.92. The van der Waals surface area contributed by atoms with Gasteiger partial charge < -0.3 is 14.7 Å². The number of amides is 1. The Bertz CT molecular complexity index is 512. The highest BCUT2D eigenvalue weighted by Crippen LogP contribution is 2.24. The fraction of sp³-hybridized carbons (Fsp3) is 0.615. The molecule has 20 heavy (non-hydrogen) atoms. The van der Waals surface area contributed by atoms with Gasteiger partial charge in [-0.25, -0.2) is 4.79 Å². The normalized spacial score (nSPS) is 15.8. The van der Waals surface area contributed by atoms with E-state index in [-0.39, 0.29) is 18.6 Å². The summed E-state index contributed by atoms with van der Waals surface area (Å²) in [4.78, 5) is 24.1. The van der Waals surface area contributed by atoms with Crippen molar-refractivity contribution in [3.05, 3.63) is 18.0 Å². The molecule has 0 aliphatic carbocycles. The molecule has 0 unspecified atom stereocenters. The number of likely N-dealkylation sites (tertiary alicyclic amines) is 1. The summed E-state index contributed by atoms with van der Waals surface area (Å²) < 4.78 is 6.94. The van der Waals surface area contributed by atoms with Crippen molar-refractivity contribution in [3.63, 3.8) is 0 Å². The Kier molecular flexibility index (Phi) is 3.69. The largest absolute Gasteiger partial charge is 0.481 e. The maximum Gasteiger partial charge on any atom is 0.410 e. The van der Waals surface area contributed by atoms with Crippen LogP contribution in [0.25, 0.3) is 0 Å². The Morgan fingerprint density at radius 3 is 2.65 bits per heavy atom. The number of carbonyl (C=O) groups is 2. The summed E-state index contributed by atoms with van der Waals surface area (Å²) in [6, 6.07) is 1.71. The third-order valence-electron chi connectivity index (χ3n) is 2.94. The first kappa shape index (κ1) is 14.4. The van der Waals surface area contributed by atoms with Gasteiger partial charge in [0, 0.05) is 25.0 Å². The van der Waals surface area contributed by atoms with E-state index >= 15 is 0 Å². The molecule has 0 bridgehead atoms. The second-order valence-electron chi connectivity index (χ2n) is 5.88. The molecule has 1 aliphatic heterocycles. The highest BCUT2D eigenvalue weighted by Gasteiger charge is 2.36. The SMILES string of the molecule is CC(C)(C)OC(=O)N1CC(n2nccc2CC(=O)O)C1. The number of hydrogen-bond acceptors (Lipinski definition) is 4. The van der Waals surface area contributed by atoms with E-state index in [9.17, 15) is 9.59 Å². The van der Waals surface area contributed by atoms with Crippen molar-refractivity contribution in [2.75, 3.05) is 13.1 Å². The Hall–Kier alpha value is -2.05. The first-order chi connectivity index (χ1) is 9.26. The van der Waals surface area contributed by atoms with E-state index in [1.807, 2.05) is 20.8 Å². The van der Waals surface area contributed by atoms with Crippen molar-refractivity contribution < 1.29 is 19.4 Å². The predicted octanol–water partition coefficient (Wildman–Crippen LogP) is 1.30. The third-order valence-corrected chi connectivity index (χ3v) is 2.94. The van der Waals surface area contributed by atoms with Gasteiger partial charge in [-0.05, 0) is 26.8 Å². The van der Waals surface area contributed by atoms with E-state index in [4.69, 9.17) is 9.84 Å². The van der Waals surface area contributed by atoms with Crippen LogP contribution in [0.3, 0.4) is 0 Å². The van der Waals surface area contributed by atoms with Crippen molar-refractivity contribution >= 4 is 12.1 Å². The number of hydrogen-bond donors (Lipinski definition) is 1. The van der Waals surface area contributed by atoms with Gasteiger partial charge in [0.1, 0.15) is 5.60 Å². The monoisotopic (exact) mass is 281 g/mol. The van der Waals surface area contributed by atoms with E-state index < -0.39 is 11.6 Å². The van der Waals surface area contributed by atoms with Crippen LogP contribution in [0.15, 0.2) is 12.3 Å². The quantitative estimate of drug-likeness (QED) is 0.902. The third kappa shape index (κ3) is 3.28. The van der Waals surface area contributed by atoms with E-state index in [1.165, 1.54) is 0 Å². The molecule has 0 aromatic carbocycles. The molecule has 1 amide bonds. The van der Waals surface area contributed by atoms with Crippen LogP contribution in [-0.4, -0.2) is 50.5 Å². The molecule has 110 valence electrons. The molecule has 0 atom stereocenters. The number of carboxylic acid groups (broad SMARTS) is 1. The molecule has 1 aromatic rings. The van der Waals surface area contributed by atoms with Crippen LogP contribution in [-0.2, 0) is 16.0 Å². The summed E-state index contributed by atoms with van der Waals surface area (Å²) in [5.41, 5.74) is 0.133. The van der Waals surface area contributed by atoms with E-state index in [0.717, 1.165) is 0 Å². The van der Waals surface area contributed by atoms with Crippen LogP contribution in [0.4, 0.5) is 4.79 Å². The van der Waals surface area contributed by atoms with Gasteiger partial charge >= 0.3 is 12.1 Å². The topological polar surface area (TPSA) is 84.7 Å². The molecule has 2 heterocycles. The molecule has 1 aliphatic rings. The summed E-state index contributed by atoms with van der Waals surface area (Å²) in [7, 11) is 0. The minimum Gasteiger partial charge on any atom is -0.481 e. The number of ether oxygens (including phenoxy) is 1. The van der Waals surface area contributed by atoms with Crippen LogP contribution in [0.5, 0.6) is 0 Å². The number of rotatable bonds is 3. The number of nitrogens with zero attached hydrogens (tertiary/aromatic N) is 3. The van der Waals surface area contributed by atoms with E-state index in [2.05, 4.69) is 5.10 Å². The zero-order valence-electron chi connectivity index (χ0n) is 11.9. The van der Waals surface area contributed by atoms with Crippen LogP contribution in [0, 0.1) is 0 Å². The molecule has 7 heteroatoms. The fourth-order valence-electron chi connectivity index (χ4n) is 2.05. The van der Waals surface area contributed by atoms with E-state index in [0.29, 0.717) is 18.8 Å². The van der Waals surface area contributed by atoms with E-state index in [1.54, 1.807) is 21.8 Å². The second-order valence-corrected chi connectivity index (χ2v) is 5.88. The van der Waals surface area contributed by atoms with Gasteiger partial charge in [0.15, 0.2) is 0 Å². The number of carboxylic acids is 1. The van der Waals surface area contributed by atoms with Crippen LogP contribution in [0.2, 0.25) is 0 Å². The fourth-order valence-corrected chi connectivity index (χ4v) is 2.05. The van der Waals surface area contributed by atoms with Gasteiger partial charge in [0.05, 0.1) is 12.5 Å². The maximum atomic E-state index is 11.8. The highest BCUT2D eigenvalue weighted by atomic mass is 16.6. The number of aliphatic carboxylic acids is 1. The van der Waals surface area contributed by atoms with Gasteiger partial charge in [-0.1, -0.05) is 0 Å². The van der Waals surface area contributed by atoms with Gasteiger partial charge in [-0.2, -0.15) is 5.10 Å². The van der Waals surface area contributed by atoms with Crippen LogP contribution in [0.1, 0.15) is 32.5 Å². The Morgan fingerprint density at radius 2 is 2.10 bits per heavy atom. The molecule has 1 N–H and O–H groups in total. The summed E-state index contributed by atoms with van der Waals surface area (Å²) in [5, 5.41) is 13.0. The molecule has 0 saturated carbocycles. The van der Waals surface area contributed by atoms with Crippen molar-refractivity contribution in [1.29, 1.82) is 0 Å². The predicted molar refractivity (Wildman–Crippen MR) is 70.4 cm³/mol. The zero-order valence-corrected chi connectivity index (χ0v) is 11.9. The lowest BCUT2D eigenvalue weighted by Crippen LogP contribution is -2.52. The van der Waals surface area contributed by atoms with Gasteiger partial charge in [0.25, 0.3) is 0 Å². The average Bonchev–Trinajstić information content (AvgIpc) is 2.60. The summed E-state index contributed by atoms with van der Waals surface area (Å²) in [6.07, 6.45) is 1.16. The lowest BCUT2D eigenvalue weighted by atomic mass is 10.1. The van der Waals surface area contributed by atoms with Crippen molar-refractivity contribution in [2.24, 2.45) is 0 Å². The van der Waals surface area contributed by atoms with Crippen molar-refractivity contribution in [2.45, 2.75) is 38.8 Å². The molecule has 0 spiro atoms. The second kappa shape index (κ2) is 5.15. The minimum atomic E-state index is -0.893. The summed E-state index contributed by atoms with van der Waals surface area (Å²) in [6.45, 7) is 6.44. The van der Waals surface area contributed by atoms with Crippen molar-refractivity contribution in [1.82, 2.24) is 14.7 Å². The zero-order chi connectivity index (χ0) is 14.9. The molecule has 0 radical (unpaired) electrons. The molecular formula is C13H19N3O4. The lowest BCUT2D eigenvalue weighted by molar-refractivity contribution is -0.136. The van der Waals surface area contributed by atoms with Crippen molar-refractivity contribution in [3.8, 4) is 0 Å². The Labute approximate surface area is 117 Å². The van der Waals surface area contributed by atoms with Gasteiger partial charge in [-0.15, -0.1) is 0 Å². The first-order valence-corrected chi connectivity index (χ1v) is 6.48. The maximum absolute atomic E-state index is 11.8. The standard InChI is InChI=1S/C13H19N3O4/c1-13(2,3)20-12(19)15-7-10(8-15)16-9(4-5-14-16)6-11(17)18/h4-5,10H,6-8H2,1-3H3,(H,17,18). The van der Waals surface area contributed by atoms with Gasteiger partial charge in [-0.3, -0.25) is 9.48 Å². The van der Waals surface area contributed by atoms with Crippen LogP contribution < -0.4 is 0 Å². The molecule has 1 aromatic heterocycles. The molecule has 1 fully saturated rings. The summed E-state index contributed by atoms with van der Waals surface area (Å²) >= 11 is 0. The number of carbonyl (C=O) groups excluding carboxylic acids is 1. The molecule has 2 rings (SSSR count). The minimum absolute atomic E-state index is 0.0202. The first-order valence-electron chi connectivity index (χ1n) is 6.48. The Morgan fingerprint density at radius 1 is 1.45 bits per heavy atom. The highest BCUT2D eigenvalue weighted by molar-refractivity contribution is 5.70. The lowest BCUT2D eigenvalue weighted by Gasteiger charge is -2.40. The smallest absolute Gasteiger partial charge is 0.410 e. The average molecular weight is 281 g/mol. The van der Waals surface area contributed by atoms with Crippen LogP contribution >= 0.6 is 0 Å². The van der Waals surface area contributed by atoms with Gasteiger partial charge in [0.2, 0.25) is 0 Å². The summed E-state index contributed by atoms with van der Waals surface area (Å²) in [5.74, 6) is -0.893. The molecule has 7 nitrogen and oxygen atoms in total. The number of aromatic nitrogens is 2. The molecule has 1 saturated heterocycles. The molecular weight excluding hydrogens is 262 g/mol.